The third kappa shape index (κ3) is 4.44. The lowest BCUT2D eigenvalue weighted by Crippen LogP contribution is -2.64. The highest BCUT2D eigenvalue weighted by atomic mass is 16.6. The lowest BCUT2D eigenvalue weighted by molar-refractivity contribution is -0.145. The van der Waals surface area contributed by atoms with Crippen molar-refractivity contribution < 1.29 is 19.1 Å². The fourth-order valence-electron chi connectivity index (χ4n) is 1.96. The molecule has 0 aliphatic carbocycles. The lowest BCUT2D eigenvalue weighted by Gasteiger charge is -2.35. The van der Waals surface area contributed by atoms with Gasteiger partial charge in [-0.05, 0) is 19.8 Å². The molecule has 1 aliphatic heterocycles. The molecule has 126 valence electrons. The first-order chi connectivity index (χ1) is 10.3. The number of cyclic esters (lactones) is 1. The van der Waals surface area contributed by atoms with Crippen molar-refractivity contribution in [1.29, 1.82) is 0 Å². The summed E-state index contributed by atoms with van der Waals surface area (Å²) in [6, 6.07) is 0. The van der Waals surface area contributed by atoms with Crippen LogP contribution in [0.2, 0.25) is 0 Å². The lowest BCUT2D eigenvalue weighted by atomic mass is 10.1. The van der Waals surface area contributed by atoms with Gasteiger partial charge in [0.2, 0.25) is 0 Å². The van der Waals surface area contributed by atoms with E-state index in [1.807, 2.05) is 0 Å². The molecule has 1 heterocycles. The summed E-state index contributed by atoms with van der Waals surface area (Å²) in [5.41, 5.74) is 17.6. The number of aliphatic imine (C=N–C) groups is 1. The number of amides is 1. The summed E-state index contributed by atoms with van der Waals surface area (Å²) < 4.78 is 9.73. The fourth-order valence-corrected chi connectivity index (χ4v) is 1.96. The number of hydrogen-bond acceptors (Lipinski definition) is 8. The van der Waals surface area contributed by atoms with Crippen LogP contribution in [0.4, 0.5) is 4.79 Å². The van der Waals surface area contributed by atoms with Crippen molar-refractivity contribution in [3.8, 4) is 0 Å². The molecule has 1 saturated heterocycles. The van der Waals surface area contributed by atoms with E-state index >= 15 is 0 Å². The maximum atomic E-state index is 11.9. The van der Waals surface area contributed by atoms with Crippen LogP contribution in [-0.2, 0) is 14.3 Å². The summed E-state index contributed by atoms with van der Waals surface area (Å²) in [6.45, 7) is 2.15. The Morgan fingerprint density at radius 3 is 2.86 bits per heavy atom. The Hall–Kier alpha value is -2.11. The molecule has 1 rings (SSSR count). The Kier molecular flexibility index (Phi) is 6.34. The second-order valence-electron chi connectivity index (χ2n) is 4.65. The summed E-state index contributed by atoms with van der Waals surface area (Å²) in [7, 11) is 1.52. The monoisotopic (exact) mass is 317 g/mol. The van der Waals surface area contributed by atoms with Crippen molar-refractivity contribution in [1.82, 2.24) is 15.6 Å². The van der Waals surface area contributed by atoms with Gasteiger partial charge >= 0.3 is 12.1 Å². The Morgan fingerprint density at radius 1 is 1.59 bits per heavy atom. The van der Waals surface area contributed by atoms with E-state index in [9.17, 15) is 9.59 Å². The molecule has 0 radical (unpaired) electrons. The van der Waals surface area contributed by atoms with Gasteiger partial charge in [0.25, 0.3) is 0 Å². The third-order valence-electron chi connectivity index (χ3n) is 3.03. The van der Waals surface area contributed by atoms with E-state index in [1.165, 1.54) is 17.2 Å². The normalized spacial score (nSPS) is 21.5. The van der Waals surface area contributed by atoms with E-state index in [4.69, 9.17) is 26.7 Å². The Morgan fingerprint density at radius 2 is 2.27 bits per heavy atom. The Balaban J connectivity index is 2.66. The Labute approximate surface area is 128 Å². The number of ether oxygens (including phenoxy) is 2. The first kappa shape index (κ1) is 17.9. The Bertz CT molecular complexity index is 440. The fraction of sp³-hybridized carbons (Fsp3) is 0.727. The number of nitrogens with zero attached hydrogens (tertiary/aromatic N) is 3. The minimum atomic E-state index is -1.41. The molecular weight excluding hydrogens is 294 g/mol. The minimum absolute atomic E-state index is 0.0296. The van der Waals surface area contributed by atoms with Gasteiger partial charge in [0.05, 0.1) is 6.61 Å². The molecule has 0 aromatic carbocycles. The van der Waals surface area contributed by atoms with Crippen LogP contribution in [0.25, 0.3) is 0 Å². The predicted molar refractivity (Wildman–Crippen MR) is 77.5 cm³/mol. The number of hydrazine groups is 2. The van der Waals surface area contributed by atoms with Crippen LogP contribution >= 0.6 is 0 Å². The largest absolute Gasteiger partial charge is 0.449 e. The van der Waals surface area contributed by atoms with Gasteiger partial charge in [-0.2, -0.15) is 5.01 Å². The summed E-state index contributed by atoms with van der Waals surface area (Å²) in [6.07, 6.45) is 0.0530. The second kappa shape index (κ2) is 7.77. The molecule has 11 nitrogen and oxygen atoms in total. The van der Waals surface area contributed by atoms with Crippen LogP contribution in [0.3, 0.4) is 0 Å². The number of hydrogen-bond donors (Lipinski definition) is 4. The first-order valence-corrected chi connectivity index (χ1v) is 6.77. The molecule has 0 spiro atoms. The first-order valence-electron chi connectivity index (χ1n) is 6.77. The van der Waals surface area contributed by atoms with Gasteiger partial charge in [-0.3, -0.25) is 4.99 Å². The van der Waals surface area contributed by atoms with Crippen LogP contribution < -0.4 is 22.6 Å². The maximum absolute atomic E-state index is 11.9. The standard InChI is InChI=1S/C11H23N7O4/c1-3-21-10(20)16-17(2)18-7-22-8(19)11(18,14)5-4-6-15-9(12)13/h3-7,14H2,1-2H3,(H,16,20)(H4,12,13,15). The summed E-state index contributed by atoms with van der Waals surface area (Å²) in [5, 5.41) is 2.66. The summed E-state index contributed by atoms with van der Waals surface area (Å²) in [5.74, 6) is -0.618. The van der Waals surface area contributed by atoms with Gasteiger partial charge < -0.3 is 26.7 Å². The van der Waals surface area contributed by atoms with E-state index in [0.717, 1.165) is 0 Å². The van der Waals surface area contributed by atoms with E-state index in [1.54, 1.807) is 6.92 Å². The van der Waals surface area contributed by atoms with E-state index in [2.05, 4.69) is 10.4 Å². The van der Waals surface area contributed by atoms with Crippen LogP contribution in [0.5, 0.6) is 0 Å². The second-order valence-corrected chi connectivity index (χ2v) is 4.65. The number of nitrogens with one attached hydrogen (secondary N) is 1. The topological polar surface area (TPSA) is 162 Å². The molecule has 0 aromatic rings. The van der Waals surface area contributed by atoms with Crippen LogP contribution in [-0.4, -0.2) is 60.7 Å². The minimum Gasteiger partial charge on any atom is -0.449 e. The number of esters is 1. The molecule has 1 amide bonds. The van der Waals surface area contributed by atoms with Crippen molar-refractivity contribution in [2.75, 3.05) is 26.9 Å². The van der Waals surface area contributed by atoms with E-state index in [-0.39, 0.29) is 25.7 Å². The quantitative estimate of drug-likeness (QED) is 0.137. The average Bonchev–Trinajstić information content (AvgIpc) is 2.71. The molecule has 0 bridgehead atoms. The van der Waals surface area contributed by atoms with Gasteiger partial charge in [0.15, 0.2) is 18.4 Å². The number of rotatable bonds is 7. The van der Waals surface area contributed by atoms with Crippen LogP contribution in [0, 0.1) is 0 Å². The molecule has 1 aliphatic rings. The molecule has 1 fully saturated rings. The SMILES string of the molecule is CCOC(=O)NN(C)N1COC(=O)C1(N)CCCN=C(N)N. The highest BCUT2D eigenvalue weighted by Crippen LogP contribution is 2.24. The molecule has 1 unspecified atom stereocenters. The van der Waals surface area contributed by atoms with Gasteiger partial charge in [-0.1, -0.05) is 0 Å². The zero-order valence-electron chi connectivity index (χ0n) is 12.7. The van der Waals surface area contributed by atoms with Crippen molar-refractivity contribution in [3.05, 3.63) is 0 Å². The van der Waals surface area contributed by atoms with Gasteiger partial charge in [-0.25, -0.2) is 15.0 Å². The zero-order chi connectivity index (χ0) is 16.8. The van der Waals surface area contributed by atoms with E-state index < -0.39 is 17.7 Å². The zero-order valence-corrected chi connectivity index (χ0v) is 12.7. The number of nitrogens with two attached hydrogens (primary N) is 3. The number of carbonyl (C=O) groups is 2. The smallest absolute Gasteiger partial charge is 0.422 e. The average molecular weight is 317 g/mol. The van der Waals surface area contributed by atoms with Gasteiger partial charge in [0, 0.05) is 13.6 Å². The highest BCUT2D eigenvalue weighted by molar-refractivity contribution is 5.81. The van der Waals surface area contributed by atoms with Crippen molar-refractivity contribution in [2.24, 2.45) is 22.2 Å². The van der Waals surface area contributed by atoms with Crippen molar-refractivity contribution in [2.45, 2.75) is 25.4 Å². The van der Waals surface area contributed by atoms with Gasteiger partial charge in [-0.15, -0.1) is 5.12 Å². The molecule has 0 aromatic heterocycles. The molecule has 22 heavy (non-hydrogen) atoms. The van der Waals surface area contributed by atoms with Crippen molar-refractivity contribution >= 4 is 18.0 Å². The van der Waals surface area contributed by atoms with Crippen LogP contribution in [0.15, 0.2) is 4.99 Å². The van der Waals surface area contributed by atoms with Gasteiger partial charge in [0.1, 0.15) is 0 Å². The molecule has 0 saturated carbocycles. The van der Waals surface area contributed by atoms with E-state index in [0.29, 0.717) is 13.0 Å². The third-order valence-corrected chi connectivity index (χ3v) is 3.03. The molecule has 1 atom stereocenters. The summed E-state index contributed by atoms with van der Waals surface area (Å²) >= 11 is 0. The predicted octanol–water partition coefficient (Wildman–Crippen LogP) is -1.98. The highest BCUT2D eigenvalue weighted by Gasteiger charge is 2.49. The van der Waals surface area contributed by atoms with Crippen LogP contribution in [0.1, 0.15) is 19.8 Å². The number of carbonyl (C=O) groups excluding carboxylic acids is 2. The summed E-state index contributed by atoms with van der Waals surface area (Å²) in [4.78, 5) is 27.2. The molecular formula is C11H23N7O4. The number of guanidine groups is 1. The maximum Gasteiger partial charge on any atom is 0.422 e. The van der Waals surface area contributed by atoms with Crippen molar-refractivity contribution in [3.63, 3.8) is 0 Å². The molecule has 7 N–H and O–H groups in total. The molecule has 11 heteroatoms.